The van der Waals surface area contributed by atoms with Gasteiger partial charge in [-0.3, -0.25) is 9.36 Å². The van der Waals surface area contributed by atoms with Crippen molar-refractivity contribution in [3.05, 3.63) is 65.7 Å². The Morgan fingerprint density at radius 1 is 1.03 bits per heavy atom. The van der Waals surface area contributed by atoms with Gasteiger partial charge in [0.2, 0.25) is 5.91 Å². The number of thioether (sulfide) groups is 1. The molecule has 5 nitrogen and oxygen atoms in total. The molecule has 0 aliphatic heterocycles. The van der Waals surface area contributed by atoms with E-state index in [1.54, 1.807) is 19.0 Å². The molecule has 1 heterocycles. The molecule has 0 spiro atoms. The van der Waals surface area contributed by atoms with Crippen molar-refractivity contribution in [1.29, 1.82) is 0 Å². The molecule has 0 bridgehead atoms. The number of carbonyl (C=O) groups excluding carboxylic acids is 1. The van der Waals surface area contributed by atoms with E-state index in [9.17, 15) is 4.79 Å². The zero-order valence-electron chi connectivity index (χ0n) is 18.6. The molecule has 0 N–H and O–H groups in total. The van der Waals surface area contributed by atoms with Gasteiger partial charge in [0, 0.05) is 19.7 Å². The molecule has 30 heavy (non-hydrogen) atoms. The molecule has 3 aromatic rings. The second-order valence-electron chi connectivity index (χ2n) is 8.70. The van der Waals surface area contributed by atoms with E-state index in [0.29, 0.717) is 6.54 Å². The fourth-order valence-electron chi connectivity index (χ4n) is 3.19. The van der Waals surface area contributed by atoms with Crippen LogP contribution in [0.3, 0.4) is 0 Å². The van der Waals surface area contributed by atoms with Gasteiger partial charge in [-0.2, -0.15) is 0 Å². The quantitative estimate of drug-likeness (QED) is 0.532. The lowest BCUT2D eigenvalue weighted by Gasteiger charge is -2.19. The zero-order chi connectivity index (χ0) is 21.9. The molecule has 0 fully saturated rings. The number of aromatic nitrogens is 3. The Kier molecular flexibility index (Phi) is 6.66. The smallest absolute Gasteiger partial charge is 0.235 e. The number of benzene rings is 2. The summed E-state index contributed by atoms with van der Waals surface area (Å²) >= 11 is 1.45. The molecule has 0 aliphatic rings. The zero-order valence-corrected chi connectivity index (χ0v) is 19.4. The van der Waals surface area contributed by atoms with Crippen LogP contribution in [-0.4, -0.2) is 44.9 Å². The summed E-state index contributed by atoms with van der Waals surface area (Å²) in [5.41, 5.74) is 3.56. The fourth-order valence-corrected chi connectivity index (χ4v) is 4.18. The van der Waals surface area contributed by atoms with Gasteiger partial charge in [0.1, 0.15) is 0 Å². The van der Waals surface area contributed by atoms with E-state index in [-0.39, 0.29) is 16.6 Å². The molecule has 1 unspecified atom stereocenters. The summed E-state index contributed by atoms with van der Waals surface area (Å²) in [6.45, 7) is 9.18. The van der Waals surface area contributed by atoms with Gasteiger partial charge in [0.15, 0.2) is 11.0 Å². The van der Waals surface area contributed by atoms with Gasteiger partial charge in [-0.05, 0) is 23.5 Å². The first-order valence-corrected chi connectivity index (χ1v) is 11.0. The molecule has 1 aromatic heterocycles. The monoisotopic (exact) mass is 422 g/mol. The van der Waals surface area contributed by atoms with Crippen LogP contribution < -0.4 is 0 Å². The minimum atomic E-state index is -0.241. The fraction of sp³-hybridized carbons (Fsp3) is 0.375. The highest BCUT2D eigenvalue weighted by Crippen LogP contribution is 2.30. The lowest BCUT2D eigenvalue weighted by Crippen LogP contribution is -2.29. The van der Waals surface area contributed by atoms with Gasteiger partial charge < -0.3 is 4.90 Å². The van der Waals surface area contributed by atoms with Crippen molar-refractivity contribution in [2.45, 2.75) is 50.1 Å². The van der Waals surface area contributed by atoms with E-state index in [2.05, 4.69) is 71.9 Å². The van der Waals surface area contributed by atoms with Crippen LogP contribution in [-0.2, 0) is 16.8 Å². The molecule has 2 aromatic carbocycles. The number of amides is 1. The van der Waals surface area contributed by atoms with Gasteiger partial charge >= 0.3 is 0 Å². The molecule has 0 saturated heterocycles. The van der Waals surface area contributed by atoms with Gasteiger partial charge in [-0.15, -0.1) is 10.2 Å². The summed E-state index contributed by atoms with van der Waals surface area (Å²) < 4.78 is 2.10. The Labute approximate surface area is 183 Å². The highest BCUT2D eigenvalue weighted by atomic mass is 32.2. The predicted molar refractivity (Wildman–Crippen MR) is 124 cm³/mol. The van der Waals surface area contributed by atoms with Crippen molar-refractivity contribution in [2.24, 2.45) is 0 Å². The second-order valence-corrected chi connectivity index (χ2v) is 10.0. The van der Waals surface area contributed by atoms with Gasteiger partial charge in [-0.1, -0.05) is 87.1 Å². The standard InChI is InChI=1S/C24H30N4OS/c1-17(22(29)27(5)6)30-23-26-25-21(28(23)16-18-10-8-7-9-11-18)19-12-14-20(15-13-19)24(2,3)4/h7-15,17H,16H2,1-6H3. The predicted octanol–water partition coefficient (Wildman–Crippen LogP) is 4.86. The van der Waals surface area contributed by atoms with E-state index < -0.39 is 0 Å². The van der Waals surface area contributed by atoms with Crippen LogP contribution in [0.4, 0.5) is 0 Å². The Balaban J connectivity index is 1.98. The molecule has 0 aliphatic carbocycles. The van der Waals surface area contributed by atoms with Crippen LogP contribution in [0.1, 0.15) is 38.8 Å². The van der Waals surface area contributed by atoms with Gasteiger partial charge in [0.05, 0.1) is 11.8 Å². The second kappa shape index (κ2) is 9.04. The maximum absolute atomic E-state index is 12.4. The normalized spacial score (nSPS) is 12.6. The average molecular weight is 423 g/mol. The lowest BCUT2D eigenvalue weighted by atomic mass is 9.87. The van der Waals surface area contributed by atoms with Crippen LogP contribution in [0.2, 0.25) is 0 Å². The highest BCUT2D eigenvalue weighted by molar-refractivity contribution is 8.00. The van der Waals surface area contributed by atoms with Gasteiger partial charge in [-0.25, -0.2) is 0 Å². The summed E-state index contributed by atoms with van der Waals surface area (Å²) in [5.74, 6) is 0.872. The van der Waals surface area contributed by atoms with E-state index in [4.69, 9.17) is 0 Å². The molecule has 1 atom stereocenters. The number of hydrogen-bond donors (Lipinski definition) is 0. The lowest BCUT2D eigenvalue weighted by molar-refractivity contribution is -0.127. The largest absolute Gasteiger partial charge is 0.348 e. The molecular weight excluding hydrogens is 392 g/mol. The minimum Gasteiger partial charge on any atom is -0.348 e. The number of rotatable bonds is 6. The van der Waals surface area contributed by atoms with Crippen LogP contribution in [0.25, 0.3) is 11.4 Å². The van der Waals surface area contributed by atoms with Crippen LogP contribution in [0.5, 0.6) is 0 Å². The van der Waals surface area contributed by atoms with Crippen molar-refractivity contribution >= 4 is 17.7 Å². The Hall–Kier alpha value is -2.60. The van der Waals surface area contributed by atoms with E-state index in [1.807, 2.05) is 25.1 Å². The summed E-state index contributed by atoms with van der Waals surface area (Å²) in [6, 6.07) is 18.8. The first-order chi connectivity index (χ1) is 14.2. The highest BCUT2D eigenvalue weighted by Gasteiger charge is 2.22. The van der Waals surface area contributed by atoms with Crippen LogP contribution in [0, 0.1) is 0 Å². The van der Waals surface area contributed by atoms with Crippen molar-refractivity contribution < 1.29 is 4.79 Å². The summed E-state index contributed by atoms with van der Waals surface area (Å²) in [4.78, 5) is 14.0. The molecular formula is C24H30N4OS. The average Bonchev–Trinajstić information content (AvgIpc) is 3.09. The third kappa shape index (κ3) is 5.11. The Morgan fingerprint density at radius 3 is 2.23 bits per heavy atom. The topological polar surface area (TPSA) is 51.0 Å². The van der Waals surface area contributed by atoms with E-state index in [0.717, 1.165) is 16.5 Å². The molecule has 0 saturated carbocycles. The van der Waals surface area contributed by atoms with Crippen molar-refractivity contribution in [1.82, 2.24) is 19.7 Å². The SMILES string of the molecule is CC(Sc1nnc(-c2ccc(C(C)(C)C)cc2)n1Cc1ccccc1)C(=O)N(C)C. The maximum atomic E-state index is 12.4. The van der Waals surface area contributed by atoms with Gasteiger partial charge in [0.25, 0.3) is 0 Å². The summed E-state index contributed by atoms with van der Waals surface area (Å²) in [7, 11) is 3.55. The van der Waals surface area contributed by atoms with Crippen molar-refractivity contribution in [3.8, 4) is 11.4 Å². The molecule has 3 rings (SSSR count). The first-order valence-electron chi connectivity index (χ1n) is 10.1. The van der Waals surface area contributed by atoms with Crippen molar-refractivity contribution in [3.63, 3.8) is 0 Å². The molecule has 6 heteroatoms. The first kappa shape index (κ1) is 22.1. The molecule has 158 valence electrons. The molecule has 0 radical (unpaired) electrons. The number of nitrogens with zero attached hydrogens (tertiary/aromatic N) is 4. The summed E-state index contributed by atoms with van der Waals surface area (Å²) in [6.07, 6.45) is 0. The van der Waals surface area contributed by atoms with E-state index in [1.165, 1.54) is 22.9 Å². The Bertz CT molecular complexity index is 988. The third-order valence-corrected chi connectivity index (χ3v) is 6.05. The Morgan fingerprint density at radius 2 is 1.67 bits per heavy atom. The van der Waals surface area contributed by atoms with Crippen molar-refractivity contribution in [2.75, 3.05) is 14.1 Å². The third-order valence-electron chi connectivity index (χ3n) is 4.98. The van der Waals surface area contributed by atoms with E-state index >= 15 is 0 Å². The maximum Gasteiger partial charge on any atom is 0.235 e. The number of hydrogen-bond acceptors (Lipinski definition) is 4. The number of carbonyl (C=O) groups is 1. The van der Waals surface area contributed by atoms with Crippen LogP contribution >= 0.6 is 11.8 Å². The van der Waals surface area contributed by atoms with Crippen LogP contribution in [0.15, 0.2) is 59.8 Å². The molecule has 1 amide bonds. The minimum absolute atomic E-state index is 0.0605. The summed E-state index contributed by atoms with van der Waals surface area (Å²) in [5, 5.41) is 9.45.